The van der Waals surface area contributed by atoms with E-state index in [0.29, 0.717) is 24.7 Å². The third-order valence-corrected chi connectivity index (χ3v) is 6.68. The number of hydrogen-bond acceptors (Lipinski definition) is 9. The first kappa shape index (κ1) is 21.7. The maximum atomic E-state index is 11.3. The number of benzene rings is 1. The zero-order chi connectivity index (χ0) is 22.1. The quantitative estimate of drug-likeness (QED) is 0.564. The Morgan fingerprint density at radius 3 is 2.62 bits per heavy atom. The molecule has 1 aromatic carbocycles. The number of para-hydroxylation sites is 2. The minimum Gasteiger partial charge on any atom is -0.495 e. The largest absolute Gasteiger partial charge is 0.495 e. The van der Waals surface area contributed by atoms with Crippen LogP contribution in [0.4, 0.5) is 5.69 Å². The summed E-state index contributed by atoms with van der Waals surface area (Å²) in [4.78, 5) is 4.59. The van der Waals surface area contributed by atoms with Crippen LogP contribution in [0.2, 0.25) is 0 Å². The fourth-order valence-corrected chi connectivity index (χ4v) is 5.01. The van der Waals surface area contributed by atoms with E-state index in [2.05, 4.69) is 21.2 Å². The van der Waals surface area contributed by atoms with E-state index in [-0.39, 0.29) is 24.8 Å². The molecule has 4 heterocycles. The van der Waals surface area contributed by atoms with Gasteiger partial charge in [0.15, 0.2) is 6.29 Å². The van der Waals surface area contributed by atoms with Gasteiger partial charge in [0.05, 0.1) is 44.1 Å². The van der Waals surface area contributed by atoms with Crippen molar-refractivity contribution in [1.82, 2.24) is 10.2 Å². The highest BCUT2D eigenvalue weighted by Gasteiger charge is 2.52. The molecule has 0 aliphatic carbocycles. The van der Waals surface area contributed by atoms with Gasteiger partial charge in [-0.25, -0.2) is 0 Å². The summed E-state index contributed by atoms with van der Waals surface area (Å²) in [5.74, 6) is 2.11. The standard InChI is InChI=1S/C23H31N3O6/c1-29-18-5-3-2-4-17(18)25-8-10-26(11-9-25)21-22(28)20(19-14-30-23(21)32-19)24-12-15-6-7-16(13-27)31-15/h2-7,19-24,27-28H,8-14H2,1H3. The van der Waals surface area contributed by atoms with Crippen LogP contribution in [0.25, 0.3) is 0 Å². The lowest BCUT2D eigenvalue weighted by molar-refractivity contribution is -0.183. The molecule has 3 aliphatic rings. The smallest absolute Gasteiger partial charge is 0.176 e. The Labute approximate surface area is 187 Å². The molecule has 5 atom stereocenters. The molecule has 3 N–H and O–H groups in total. The lowest BCUT2D eigenvalue weighted by Gasteiger charge is -2.47. The summed E-state index contributed by atoms with van der Waals surface area (Å²) in [5.41, 5.74) is 1.09. The van der Waals surface area contributed by atoms with E-state index in [0.717, 1.165) is 37.6 Å². The average molecular weight is 446 g/mol. The van der Waals surface area contributed by atoms with Gasteiger partial charge in [-0.2, -0.15) is 0 Å². The number of aliphatic hydroxyl groups excluding tert-OH is 2. The topological polar surface area (TPSA) is 99.8 Å². The SMILES string of the molecule is COc1ccccc1N1CCN(C2C3OCC(O3)C(NCc3ccc(CO)o3)C2O)CC1. The summed E-state index contributed by atoms with van der Waals surface area (Å²) in [5, 5.41) is 23.9. The number of nitrogens with one attached hydrogen (secondary N) is 1. The van der Waals surface area contributed by atoms with E-state index in [1.54, 1.807) is 13.2 Å². The second-order valence-electron chi connectivity index (χ2n) is 8.49. The van der Waals surface area contributed by atoms with Crippen molar-refractivity contribution in [2.75, 3.05) is 44.8 Å². The Balaban J connectivity index is 1.23. The number of nitrogens with zero attached hydrogens (tertiary/aromatic N) is 2. The molecule has 3 aliphatic heterocycles. The second kappa shape index (κ2) is 9.38. The van der Waals surface area contributed by atoms with Gasteiger partial charge in [-0.05, 0) is 24.3 Å². The summed E-state index contributed by atoms with van der Waals surface area (Å²) < 4.78 is 23.1. The number of hydrogen-bond donors (Lipinski definition) is 3. The third-order valence-electron chi connectivity index (χ3n) is 6.68. The fourth-order valence-electron chi connectivity index (χ4n) is 5.01. The number of aliphatic hydroxyl groups is 2. The number of furan rings is 1. The highest BCUT2D eigenvalue weighted by Crippen LogP contribution is 2.34. The number of rotatable bonds is 7. The van der Waals surface area contributed by atoms with Gasteiger partial charge in [0, 0.05) is 26.2 Å². The van der Waals surface area contributed by atoms with Crippen LogP contribution in [0.1, 0.15) is 11.5 Å². The molecule has 5 rings (SSSR count). The van der Waals surface area contributed by atoms with Crippen molar-refractivity contribution in [2.24, 2.45) is 0 Å². The maximum Gasteiger partial charge on any atom is 0.176 e. The normalized spacial score (nSPS) is 30.6. The van der Waals surface area contributed by atoms with E-state index >= 15 is 0 Å². The molecule has 32 heavy (non-hydrogen) atoms. The number of anilines is 1. The van der Waals surface area contributed by atoms with E-state index in [1.165, 1.54) is 0 Å². The van der Waals surface area contributed by atoms with Crippen LogP contribution in [0.3, 0.4) is 0 Å². The first-order chi connectivity index (χ1) is 15.7. The Kier molecular flexibility index (Phi) is 6.36. The highest BCUT2D eigenvalue weighted by molar-refractivity contribution is 5.58. The summed E-state index contributed by atoms with van der Waals surface area (Å²) in [6.07, 6.45) is -1.25. The van der Waals surface area contributed by atoms with Gasteiger partial charge in [-0.15, -0.1) is 0 Å². The van der Waals surface area contributed by atoms with Gasteiger partial charge in [0.1, 0.15) is 30.0 Å². The van der Waals surface area contributed by atoms with E-state index < -0.39 is 12.4 Å². The van der Waals surface area contributed by atoms with Gasteiger partial charge in [-0.3, -0.25) is 4.90 Å². The van der Waals surface area contributed by atoms with E-state index in [1.807, 2.05) is 24.3 Å². The zero-order valence-corrected chi connectivity index (χ0v) is 18.2. The molecule has 5 unspecified atom stereocenters. The Bertz CT molecular complexity index is 899. The second-order valence-corrected chi connectivity index (χ2v) is 8.49. The molecular formula is C23H31N3O6. The minimum atomic E-state index is -0.633. The molecule has 2 bridgehead atoms. The van der Waals surface area contributed by atoms with Gasteiger partial charge in [0.2, 0.25) is 0 Å². The summed E-state index contributed by atoms with van der Waals surface area (Å²) >= 11 is 0. The molecule has 9 heteroatoms. The summed E-state index contributed by atoms with van der Waals surface area (Å²) in [7, 11) is 1.69. The molecule has 1 aromatic heterocycles. The van der Waals surface area contributed by atoms with Crippen LogP contribution in [0, 0.1) is 0 Å². The van der Waals surface area contributed by atoms with Crippen molar-refractivity contribution in [1.29, 1.82) is 0 Å². The molecule has 0 saturated carbocycles. The average Bonchev–Trinajstić information content (AvgIpc) is 3.47. The van der Waals surface area contributed by atoms with Crippen molar-refractivity contribution >= 4 is 5.69 Å². The lowest BCUT2D eigenvalue weighted by Crippen LogP contribution is -2.66. The Morgan fingerprint density at radius 1 is 1.09 bits per heavy atom. The first-order valence-corrected chi connectivity index (χ1v) is 11.2. The highest BCUT2D eigenvalue weighted by atomic mass is 16.7. The van der Waals surface area contributed by atoms with Crippen molar-refractivity contribution in [2.45, 2.75) is 43.7 Å². The molecule has 0 radical (unpaired) electrons. The maximum absolute atomic E-state index is 11.3. The molecule has 3 saturated heterocycles. The Morgan fingerprint density at radius 2 is 1.88 bits per heavy atom. The lowest BCUT2D eigenvalue weighted by atomic mass is 9.94. The van der Waals surface area contributed by atoms with Crippen molar-refractivity contribution in [3.63, 3.8) is 0 Å². The molecule has 3 fully saturated rings. The summed E-state index contributed by atoms with van der Waals surface area (Å²) in [6, 6.07) is 11.1. The van der Waals surface area contributed by atoms with Crippen LogP contribution in [0.5, 0.6) is 5.75 Å². The Hall–Kier alpha value is -2.14. The van der Waals surface area contributed by atoms with Crippen LogP contribution >= 0.6 is 0 Å². The predicted molar refractivity (Wildman–Crippen MR) is 116 cm³/mol. The number of fused-ring (bicyclic) bond motifs is 2. The van der Waals surface area contributed by atoms with E-state index in [9.17, 15) is 10.2 Å². The third kappa shape index (κ3) is 4.12. The van der Waals surface area contributed by atoms with Gasteiger partial charge >= 0.3 is 0 Å². The molecule has 0 amide bonds. The van der Waals surface area contributed by atoms with Gasteiger partial charge < -0.3 is 39.1 Å². The predicted octanol–water partition coefficient (Wildman–Crippen LogP) is 0.546. The van der Waals surface area contributed by atoms with Gasteiger partial charge in [-0.1, -0.05) is 12.1 Å². The van der Waals surface area contributed by atoms with E-state index in [4.69, 9.17) is 18.6 Å². The number of piperazine rings is 1. The van der Waals surface area contributed by atoms with Crippen molar-refractivity contribution < 1.29 is 28.8 Å². The fraction of sp³-hybridized carbons (Fsp3) is 0.565. The molecule has 2 aromatic rings. The first-order valence-electron chi connectivity index (χ1n) is 11.2. The monoisotopic (exact) mass is 445 g/mol. The molecule has 174 valence electrons. The minimum absolute atomic E-state index is 0.129. The van der Waals surface area contributed by atoms with Crippen LogP contribution in [0.15, 0.2) is 40.8 Å². The van der Waals surface area contributed by atoms with Crippen molar-refractivity contribution in [3.05, 3.63) is 47.9 Å². The number of methoxy groups -OCH3 is 1. The zero-order valence-electron chi connectivity index (χ0n) is 18.2. The molecule has 9 nitrogen and oxygen atoms in total. The molecular weight excluding hydrogens is 414 g/mol. The summed E-state index contributed by atoms with van der Waals surface area (Å²) in [6.45, 7) is 4.01. The van der Waals surface area contributed by atoms with Crippen LogP contribution in [-0.4, -0.2) is 85.6 Å². The van der Waals surface area contributed by atoms with Crippen LogP contribution in [-0.2, 0) is 22.6 Å². The van der Waals surface area contributed by atoms with Crippen LogP contribution < -0.4 is 15.0 Å². The van der Waals surface area contributed by atoms with Gasteiger partial charge in [0.25, 0.3) is 0 Å². The number of ether oxygens (including phenoxy) is 3. The van der Waals surface area contributed by atoms with Crippen molar-refractivity contribution in [3.8, 4) is 5.75 Å². The molecule has 0 spiro atoms.